The van der Waals surface area contributed by atoms with Crippen LogP contribution < -0.4 is 20.4 Å². The van der Waals surface area contributed by atoms with Gasteiger partial charge in [0.05, 0.1) is 18.1 Å². The third-order valence-electron chi connectivity index (χ3n) is 5.35. The summed E-state index contributed by atoms with van der Waals surface area (Å²) in [5.74, 6) is 1.87. The maximum absolute atomic E-state index is 12.9. The normalized spacial score (nSPS) is 17.5. The van der Waals surface area contributed by atoms with Crippen molar-refractivity contribution in [1.82, 2.24) is 29.9 Å². The fourth-order valence-electron chi connectivity index (χ4n) is 4.06. The second kappa shape index (κ2) is 9.14. The summed E-state index contributed by atoms with van der Waals surface area (Å²) in [7, 11) is 0. The van der Waals surface area contributed by atoms with Crippen LogP contribution in [0.2, 0.25) is 0 Å². The number of nitrogens with one attached hydrogen (secondary N) is 2. The van der Waals surface area contributed by atoms with E-state index in [1.165, 1.54) is 5.69 Å². The molecule has 5 heterocycles. The highest BCUT2D eigenvalue weighted by Gasteiger charge is 2.30. The van der Waals surface area contributed by atoms with Crippen molar-refractivity contribution in [3.05, 3.63) is 36.0 Å². The number of piperazine rings is 1. The molecule has 0 aromatic carbocycles. The standard InChI is InChI=1S/C19H23N9O.CH2O2/c1-12-10-26(8-6-20-12)16-3-5-21-17-15(16)4-7-27(17)19(29)24-14-9-22-18-23-13(2)25-28(18)11-14;2-1-3/h3,5,9,11-12,20H,4,6-8,10H2,1-2H3,(H,24,29);1H,(H,2,3)/t12-;/m0./s1. The number of carbonyl (C=O) groups excluding carboxylic acids is 1. The first-order chi connectivity index (χ1) is 15.5. The van der Waals surface area contributed by atoms with Gasteiger partial charge in [0.25, 0.3) is 12.2 Å². The lowest BCUT2D eigenvalue weighted by molar-refractivity contribution is -0.122. The van der Waals surface area contributed by atoms with E-state index in [9.17, 15) is 4.79 Å². The van der Waals surface area contributed by atoms with Gasteiger partial charge in [-0.25, -0.2) is 19.3 Å². The van der Waals surface area contributed by atoms with Crippen LogP contribution in [0.15, 0.2) is 24.7 Å². The van der Waals surface area contributed by atoms with Crippen molar-refractivity contribution in [1.29, 1.82) is 0 Å². The molecule has 1 saturated heterocycles. The molecule has 3 aromatic heterocycles. The van der Waals surface area contributed by atoms with Crippen molar-refractivity contribution in [3.8, 4) is 0 Å². The SMILES string of the molecule is Cc1nc2ncc(NC(=O)N3CCc4c(N5CCN[C@@H](C)C5)ccnc43)cn2n1.O=CO. The smallest absolute Gasteiger partial charge is 0.327 e. The molecule has 168 valence electrons. The van der Waals surface area contributed by atoms with Gasteiger partial charge in [0.15, 0.2) is 0 Å². The Morgan fingerprint density at radius 1 is 1.34 bits per heavy atom. The molecule has 0 radical (unpaired) electrons. The zero-order valence-corrected chi connectivity index (χ0v) is 17.9. The number of carboxylic acid groups (broad SMARTS) is 1. The van der Waals surface area contributed by atoms with Crippen molar-refractivity contribution in [2.75, 3.05) is 41.3 Å². The zero-order chi connectivity index (χ0) is 22.7. The number of anilines is 3. The summed E-state index contributed by atoms with van der Waals surface area (Å²) in [6.45, 7) is 7.21. The monoisotopic (exact) mass is 439 g/mol. The van der Waals surface area contributed by atoms with E-state index in [1.54, 1.807) is 34.9 Å². The predicted molar refractivity (Wildman–Crippen MR) is 118 cm³/mol. The van der Waals surface area contributed by atoms with Crippen LogP contribution in [0.1, 0.15) is 18.3 Å². The third kappa shape index (κ3) is 4.30. The number of aryl methyl sites for hydroxylation is 1. The highest BCUT2D eigenvalue weighted by Crippen LogP contribution is 2.34. The number of nitrogens with zero attached hydrogens (tertiary/aromatic N) is 7. The maximum Gasteiger partial charge on any atom is 0.327 e. The fraction of sp³-hybridized carbons (Fsp3) is 0.400. The van der Waals surface area contributed by atoms with E-state index in [4.69, 9.17) is 9.90 Å². The van der Waals surface area contributed by atoms with E-state index in [0.29, 0.717) is 29.9 Å². The minimum Gasteiger partial charge on any atom is -0.483 e. The molecule has 0 bridgehead atoms. The lowest BCUT2D eigenvalue weighted by Crippen LogP contribution is -2.49. The van der Waals surface area contributed by atoms with Gasteiger partial charge in [-0.2, -0.15) is 10.1 Å². The summed E-state index contributed by atoms with van der Waals surface area (Å²) >= 11 is 0. The minimum atomic E-state index is -0.250. The Labute approximate surface area is 184 Å². The van der Waals surface area contributed by atoms with Gasteiger partial charge in [-0.15, -0.1) is 0 Å². The summed E-state index contributed by atoms with van der Waals surface area (Å²) in [4.78, 5) is 38.3. The van der Waals surface area contributed by atoms with Gasteiger partial charge in [0, 0.05) is 49.7 Å². The third-order valence-corrected chi connectivity index (χ3v) is 5.35. The van der Waals surface area contributed by atoms with Gasteiger partial charge in [-0.3, -0.25) is 9.69 Å². The first-order valence-electron chi connectivity index (χ1n) is 10.3. The molecule has 3 N–H and O–H groups in total. The molecule has 3 aromatic rings. The molecular formula is C20H25N9O3. The van der Waals surface area contributed by atoms with Crippen LogP contribution in [-0.2, 0) is 11.2 Å². The number of fused-ring (bicyclic) bond motifs is 2. The molecule has 2 aliphatic heterocycles. The van der Waals surface area contributed by atoms with Crippen molar-refractivity contribution in [2.24, 2.45) is 0 Å². The summed E-state index contributed by atoms with van der Waals surface area (Å²) in [5.41, 5.74) is 2.88. The Kier molecular flexibility index (Phi) is 6.12. The van der Waals surface area contributed by atoms with Crippen LogP contribution >= 0.6 is 0 Å². The first-order valence-corrected chi connectivity index (χ1v) is 10.3. The lowest BCUT2D eigenvalue weighted by Gasteiger charge is -2.34. The Bertz CT molecular complexity index is 1130. The molecule has 0 aliphatic carbocycles. The van der Waals surface area contributed by atoms with E-state index in [1.807, 2.05) is 0 Å². The van der Waals surface area contributed by atoms with Crippen LogP contribution in [0.4, 0.5) is 22.0 Å². The Balaban J connectivity index is 0.000000775. The number of amides is 2. The average molecular weight is 439 g/mol. The van der Waals surface area contributed by atoms with Crippen molar-refractivity contribution in [2.45, 2.75) is 26.3 Å². The summed E-state index contributed by atoms with van der Waals surface area (Å²) in [6.07, 6.45) is 5.88. The molecule has 0 saturated carbocycles. The number of urea groups is 1. The second-order valence-electron chi connectivity index (χ2n) is 7.62. The van der Waals surface area contributed by atoms with Gasteiger partial charge >= 0.3 is 6.03 Å². The highest BCUT2D eigenvalue weighted by atomic mass is 16.3. The number of hydrogen-bond donors (Lipinski definition) is 3. The first kappa shape index (κ1) is 21.4. The van der Waals surface area contributed by atoms with Gasteiger partial charge in [0.2, 0.25) is 0 Å². The predicted octanol–water partition coefficient (Wildman–Crippen LogP) is 0.921. The zero-order valence-electron chi connectivity index (χ0n) is 17.9. The summed E-state index contributed by atoms with van der Waals surface area (Å²) in [5, 5.41) is 17.5. The fourth-order valence-corrected chi connectivity index (χ4v) is 4.06. The van der Waals surface area contributed by atoms with Crippen molar-refractivity contribution in [3.63, 3.8) is 0 Å². The van der Waals surface area contributed by atoms with E-state index in [0.717, 1.165) is 37.4 Å². The molecule has 0 unspecified atom stereocenters. The molecule has 1 atom stereocenters. The highest BCUT2D eigenvalue weighted by molar-refractivity contribution is 6.02. The summed E-state index contributed by atoms with van der Waals surface area (Å²) < 4.78 is 1.56. The quantitative estimate of drug-likeness (QED) is 0.497. The average Bonchev–Trinajstić information content (AvgIpc) is 3.36. The topological polar surface area (TPSA) is 141 Å². The lowest BCUT2D eigenvalue weighted by atomic mass is 10.1. The van der Waals surface area contributed by atoms with E-state index in [-0.39, 0.29) is 12.5 Å². The number of carbonyl (C=O) groups is 2. The van der Waals surface area contributed by atoms with Gasteiger partial charge in [-0.1, -0.05) is 0 Å². The number of rotatable bonds is 2. The Morgan fingerprint density at radius 2 is 2.16 bits per heavy atom. The molecule has 2 aliphatic rings. The molecule has 0 spiro atoms. The number of pyridine rings is 1. The van der Waals surface area contributed by atoms with E-state index < -0.39 is 0 Å². The van der Waals surface area contributed by atoms with Gasteiger partial charge < -0.3 is 20.6 Å². The molecule has 5 rings (SSSR count). The maximum atomic E-state index is 12.9. The Hall–Kier alpha value is -3.80. The molecule has 32 heavy (non-hydrogen) atoms. The molecule has 12 nitrogen and oxygen atoms in total. The van der Waals surface area contributed by atoms with Gasteiger partial charge in [0.1, 0.15) is 11.6 Å². The van der Waals surface area contributed by atoms with Gasteiger partial charge in [-0.05, 0) is 26.3 Å². The van der Waals surface area contributed by atoms with Crippen LogP contribution in [0.3, 0.4) is 0 Å². The van der Waals surface area contributed by atoms with Crippen molar-refractivity contribution < 1.29 is 14.7 Å². The number of hydrogen-bond acceptors (Lipinski definition) is 8. The largest absolute Gasteiger partial charge is 0.483 e. The second-order valence-corrected chi connectivity index (χ2v) is 7.62. The molecule has 12 heteroatoms. The summed E-state index contributed by atoms with van der Waals surface area (Å²) in [6, 6.07) is 2.28. The van der Waals surface area contributed by atoms with Crippen LogP contribution in [0.25, 0.3) is 5.78 Å². The van der Waals surface area contributed by atoms with Crippen LogP contribution in [0, 0.1) is 6.92 Å². The Morgan fingerprint density at radius 3 is 2.94 bits per heavy atom. The van der Waals surface area contributed by atoms with Crippen LogP contribution in [0.5, 0.6) is 0 Å². The van der Waals surface area contributed by atoms with Crippen molar-refractivity contribution >= 4 is 35.5 Å². The van der Waals surface area contributed by atoms with E-state index in [2.05, 4.69) is 48.6 Å². The minimum absolute atomic E-state index is 0.222. The number of aromatic nitrogens is 5. The van der Waals surface area contributed by atoms with Crippen LogP contribution in [-0.4, -0.2) is 74.4 Å². The molecule has 1 fully saturated rings. The molecular weight excluding hydrogens is 414 g/mol. The molecule has 2 amide bonds. The van der Waals surface area contributed by atoms with E-state index >= 15 is 0 Å².